The summed E-state index contributed by atoms with van der Waals surface area (Å²) in [6.45, 7) is 1.80. The number of methoxy groups -OCH3 is 1. The third kappa shape index (κ3) is 3.63. The average molecular weight is 359 g/mol. The quantitative estimate of drug-likeness (QED) is 0.510. The molecule has 1 aliphatic heterocycles. The minimum atomic E-state index is -0.890. The van der Waals surface area contributed by atoms with Crippen molar-refractivity contribution in [3.8, 4) is 0 Å². The molecule has 2 amide bonds. The number of ether oxygens (including phenoxy) is 2. The van der Waals surface area contributed by atoms with E-state index in [0.717, 1.165) is 0 Å². The summed E-state index contributed by atoms with van der Waals surface area (Å²) >= 11 is 0. The van der Waals surface area contributed by atoms with E-state index in [1.165, 1.54) is 22.9 Å². The van der Waals surface area contributed by atoms with Gasteiger partial charge in [0.2, 0.25) is 0 Å². The Hall–Kier alpha value is -3.04. The van der Waals surface area contributed by atoms with E-state index < -0.39 is 17.8 Å². The zero-order valence-electron chi connectivity index (χ0n) is 14.1. The fraction of sp³-hybridized carbons (Fsp3) is 0.294. The highest BCUT2D eigenvalue weighted by molar-refractivity contribution is 6.21. The molecule has 0 unspecified atom stereocenters. The van der Waals surface area contributed by atoms with E-state index in [9.17, 15) is 14.4 Å². The third-order valence-electron chi connectivity index (χ3n) is 3.68. The van der Waals surface area contributed by atoms with Crippen LogP contribution in [0.5, 0.6) is 0 Å². The SMILES string of the molecule is COCCOCCn1ccc(C(=O)ON2C(=O)c3ccccc3C2=O)n1. The fourth-order valence-corrected chi connectivity index (χ4v) is 2.38. The number of imide groups is 1. The van der Waals surface area contributed by atoms with E-state index in [4.69, 9.17) is 14.3 Å². The average Bonchev–Trinajstić information content (AvgIpc) is 3.21. The van der Waals surface area contributed by atoms with E-state index in [-0.39, 0.29) is 16.8 Å². The Balaban J connectivity index is 1.58. The Kier molecular flexibility index (Phi) is 5.40. The summed E-state index contributed by atoms with van der Waals surface area (Å²) in [4.78, 5) is 41.5. The van der Waals surface area contributed by atoms with Crippen LogP contribution in [-0.4, -0.2) is 59.6 Å². The smallest absolute Gasteiger partial charge is 0.382 e. The Morgan fingerprint density at radius 1 is 1.04 bits per heavy atom. The second kappa shape index (κ2) is 7.89. The van der Waals surface area contributed by atoms with Crippen molar-refractivity contribution in [2.75, 3.05) is 26.9 Å². The first-order valence-electron chi connectivity index (χ1n) is 7.92. The molecule has 0 N–H and O–H groups in total. The summed E-state index contributed by atoms with van der Waals surface area (Å²) in [6.07, 6.45) is 1.58. The van der Waals surface area contributed by atoms with Crippen LogP contribution < -0.4 is 0 Å². The van der Waals surface area contributed by atoms with Gasteiger partial charge in [0, 0.05) is 13.3 Å². The molecule has 1 aliphatic rings. The lowest BCUT2D eigenvalue weighted by molar-refractivity contribution is -0.0589. The van der Waals surface area contributed by atoms with Crippen LogP contribution in [0.3, 0.4) is 0 Å². The molecular weight excluding hydrogens is 342 g/mol. The van der Waals surface area contributed by atoms with Crippen molar-refractivity contribution in [3.05, 3.63) is 53.3 Å². The highest BCUT2D eigenvalue weighted by atomic mass is 16.7. The van der Waals surface area contributed by atoms with Crippen molar-refractivity contribution in [1.82, 2.24) is 14.8 Å². The summed E-state index contributed by atoms with van der Waals surface area (Å²) in [5, 5.41) is 4.51. The van der Waals surface area contributed by atoms with Crippen LogP contribution in [0.4, 0.5) is 0 Å². The van der Waals surface area contributed by atoms with Crippen molar-refractivity contribution >= 4 is 17.8 Å². The van der Waals surface area contributed by atoms with E-state index in [1.54, 1.807) is 25.4 Å². The summed E-state index contributed by atoms with van der Waals surface area (Å²) in [6, 6.07) is 7.70. The van der Waals surface area contributed by atoms with Crippen LogP contribution in [0, 0.1) is 0 Å². The molecule has 136 valence electrons. The summed E-state index contributed by atoms with van der Waals surface area (Å²) < 4.78 is 11.7. The molecule has 0 radical (unpaired) electrons. The van der Waals surface area contributed by atoms with Gasteiger partial charge in [-0.05, 0) is 18.2 Å². The summed E-state index contributed by atoms with van der Waals surface area (Å²) in [7, 11) is 1.59. The number of nitrogens with zero attached hydrogens (tertiary/aromatic N) is 3. The van der Waals surface area contributed by atoms with E-state index in [2.05, 4.69) is 5.10 Å². The molecule has 9 heteroatoms. The second-order valence-electron chi connectivity index (χ2n) is 5.40. The van der Waals surface area contributed by atoms with E-state index in [1.807, 2.05) is 0 Å². The van der Waals surface area contributed by atoms with Crippen LogP contribution in [-0.2, 0) is 20.9 Å². The molecule has 26 heavy (non-hydrogen) atoms. The maximum absolute atomic E-state index is 12.2. The van der Waals surface area contributed by atoms with Gasteiger partial charge in [-0.2, -0.15) is 5.10 Å². The van der Waals surface area contributed by atoms with Crippen LogP contribution in [0.1, 0.15) is 31.2 Å². The van der Waals surface area contributed by atoms with E-state index >= 15 is 0 Å². The number of hydrogen-bond donors (Lipinski definition) is 0. The monoisotopic (exact) mass is 359 g/mol. The number of rotatable bonds is 8. The molecule has 1 aromatic heterocycles. The summed E-state index contributed by atoms with van der Waals surface area (Å²) in [5.74, 6) is -2.24. The molecule has 9 nitrogen and oxygen atoms in total. The lowest BCUT2D eigenvalue weighted by atomic mass is 10.1. The van der Waals surface area contributed by atoms with Gasteiger partial charge in [0.15, 0.2) is 5.69 Å². The molecule has 0 bridgehead atoms. The number of fused-ring (bicyclic) bond motifs is 1. The molecule has 0 atom stereocenters. The van der Waals surface area contributed by atoms with E-state index in [0.29, 0.717) is 31.4 Å². The minimum absolute atomic E-state index is 0.0153. The first kappa shape index (κ1) is 17.8. The molecule has 0 saturated carbocycles. The Labute approximate surface area is 149 Å². The molecular formula is C17H17N3O6. The van der Waals surface area contributed by atoms with Crippen molar-refractivity contribution in [1.29, 1.82) is 0 Å². The zero-order chi connectivity index (χ0) is 18.5. The van der Waals surface area contributed by atoms with Crippen molar-refractivity contribution in [2.45, 2.75) is 6.54 Å². The standard InChI is InChI=1S/C17H17N3O6/c1-24-10-11-25-9-8-19-7-6-14(18-19)17(23)26-20-15(21)12-4-2-3-5-13(12)16(20)22/h2-7H,8-11H2,1H3. The Bertz CT molecular complexity index is 796. The molecule has 2 heterocycles. The third-order valence-corrected chi connectivity index (χ3v) is 3.68. The molecule has 0 aliphatic carbocycles. The normalized spacial score (nSPS) is 13.2. The van der Waals surface area contributed by atoms with Gasteiger partial charge in [-0.25, -0.2) is 4.79 Å². The molecule has 1 aromatic carbocycles. The van der Waals surface area contributed by atoms with Gasteiger partial charge in [-0.1, -0.05) is 17.2 Å². The largest absolute Gasteiger partial charge is 0.384 e. The van der Waals surface area contributed by atoms with Gasteiger partial charge < -0.3 is 14.3 Å². The number of hydrogen-bond acceptors (Lipinski definition) is 7. The van der Waals surface area contributed by atoms with Crippen molar-refractivity contribution in [3.63, 3.8) is 0 Å². The predicted octanol–water partition coefficient (Wildman–Crippen LogP) is 0.914. The number of benzene rings is 1. The fourth-order valence-electron chi connectivity index (χ4n) is 2.38. The van der Waals surface area contributed by atoms with Gasteiger partial charge in [0.25, 0.3) is 11.8 Å². The minimum Gasteiger partial charge on any atom is -0.382 e. The highest BCUT2D eigenvalue weighted by Gasteiger charge is 2.39. The van der Waals surface area contributed by atoms with Gasteiger partial charge in [-0.3, -0.25) is 14.3 Å². The highest BCUT2D eigenvalue weighted by Crippen LogP contribution is 2.23. The first-order chi connectivity index (χ1) is 12.6. The number of carbonyl (C=O) groups is 3. The van der Waals surface area contributed by atoms with Crippen LogP contribution >= 0.6 is 0 Å². The number of amides is 2. The van der Waals surface area contributed by atoms with Gasteiger partial charge in [0.1, 0.15) is 0 Å². The Morgan fingerprint density at radius 3 is 2.38 bits per heavy atom. The van der Waals surface area contributed by atoms with Crippen LogP contribution in [0.15, 0.2) is 36.5 Å². The molecule has 2 aromatic rings. The van der Waals surface area contributed by atoms with Crippen LogP contribution in [0.2, 0.25) is 0 Å². The maximum Gasteiger partial charge on any atom is 0.384 e. The van der Waals surface area contributed by atoms with Gasteiger partial charge in [-0.15, -0.1) is 0 Å². The second-order valence-corrected chi connectivity index (χ2v) is 5.40. The molecule has 0 fully saturated rings. The van der Waals surface area contributed by atoms with Gasteiger partial charge in [0.05, 0.1) is 37.5 Å². The first-order valence-corrected chi connectivity index (χ1v) is 7.92. The number of hydroxylamine groups is 2. The predicted molar refractivity (Wildman–Crippen MR) is 87.3 cm³/mol. The van der Waals surface area contributed by atoms with Gasteiger partial charge >= 0.3 is 5.97 Å². The van der Waals surface area contributed by atoms with Crippen LogP contribution in [0.25, 0.3) is 0 Å². The topological polar surface area (TPSA) is 100.0 Å². The van der Waals surface area contributed by atoms with Crippen molar-refractivity contribution in [2.24, 2.45) is 0 Å². The summed E-state index contributed by atoms with van der Waals surface area (Å²) in [5.41, 5.74) is 0.381. The number of carbonyl (C=O) groups excluding carboxylic acids is 3. The molecule has 0 spiro atoms. The van der Waals surface area contributed by atoms with Crippen molar-refractivity contribution < 1.29 is 28.7 Å². The molecule has 3 rings (SSSR count). The zero-order valence-corrected chi connectivity index (χ0v) is 14.1. The lowest BCUT2D eigenvalue weighted by Gasteiger charge is -2.11. The number of aromatic nitrogens is 2. The maximum atomic E-state index is 12.2. The Morgan fingerprint density at radius 2 is 1.73 bits per heavy atom. The molecule has 0 saturated heterocycles. The lowest BCUT2D eigenvalue weighted by Crippen LogP contribution is -2.32.